The first-order valence-corrected chi connectivity index (χ1v) is 6.94. The van der Waals surface area contributed by atoms with Crippen LogP contribution in [-0.4, -0.2) is 16.8 Å². The molecule has 1 aromatic heterocycles. The normalized spacial score (nSPS) is 10.6. The third kappa shape index (κ3) is 3.02. The molecule has 2 aromatic rings. The summed E-state index contributed by atoms with van der Waals surface area (Å²) in [6, 6.07) is 6.59. The lowest BCUT2D eigenvalue weighted by molar-refractivity contribution is 0.412. The number of unbranched alkanes of at least 4 members (excludes halogenated alkanes) is 1. The highest BCUT2D eigenvalue weighted by molar-refractivity contribution is 5.80. The number of aryl methyl sites for hydroxylation is 1. The zero-order valence-electron chi connectivity index (χ0n) is 12.3. The molecule has 2 rings (SSSR count). The van der Waals surface area contributed by atoms with Crippen molar-refractivity contribution in [3.05, 3.63) is 40.8 Å². The van der Waals surface area contributed by atoms with E-state index in [9.17, 15) is 9.90 Å². The Hall–Kier alpha value is -2.43. The van der Waals surface area contributed by atoms with Crippen LogP contribution in [0.5, 0.6) is 11.5 Å². The van der Waals surface area contributed by atoms with Crippen molar-refractivity contribution in [2.45, 2.75) is 26.3 Å². The number of benzene rings is 1. The highest BCUT2D eigenvalue weighted by Gasteiger charge is 2.13. The molecule has 0 amide bonds. The first-order valence-electron chi connectivity index (χ1n) is 6.94. The smallest absolute Gasteiger partial charge is 0.274 e. The summed E-state index contributed by atoms with van der Waals surface area (Å²) < 4.78 is 6.74. The van der Waals surface area contributed by atoms with E-state index in [1.165, 1.54) is 6.07 Å². The fourth-order valence-corrected chi connectivity index (χ4v) is 2.19. The van der Waals surface area contributed by atoms with Crippen LogP contribution in [0.2, 0.25) is 0 Å². The Morgan fingerprint density at radius 2 is 2.05 bits per heavy atom. The van der Waals surface area contributed by atoms with E-state index >= 15 is 0 Å². The second kappa shape index (κ2) is 6.35. The van der Waals surface area contributed by atoms with Gasteiger partial charge in [-0.15, -0.1) is 0 Å². The van der Waals surface area contributed by atoms with Crippen LogP contribution in [0, 0.1) is 0 Å². The Balaban J connectivity index is 2.51. The second-order valence-corrected chi connectivity index (χ2v) is 4.88. The maximum absolute atomic E-state index is 12.3. The maximum Gasteiger partial charge on any atom is 0.274 e. The molecule has 5 heteroatoms. The summed E-state index contributed by atoms with van der Waals surface area (Å²) in [6.45, 7) is 2.71. The summed E-state index contributed by atoms with van der Waals surface area (Å²) in [6.07, 6.45) is 3.64. The molecule has 0 fully saturated rings. The summed E-state index contributed by atoms with van der Waals surface area (Å²) >= 11 is 0. The monoisotopic (exact) mass is 288 g/mol. The van der Waals surface area contributed by atoms with Crippen LogP contribution < -0.4 is 16.0 Å². The predicted molar refractivity (Wildman–Crippen MR) is 83.7 cm³/mol. The molecule has 0 unspecified atom stereocenters. The molecule has 0 aliphatic carbocycles. The van der Waals surface area contributed by atoms with Crippen molar-refractivity contribution >= 4 is 5.69 Å². The van der Waals surface area contributed by atoms with E-state index in [2.05, 4.69) is 6.92 Å². The molecule has 0 aliphatic heterocycles. The van der Waals surface area contributed by atoms with Crippen molar-refractivity contribution in [3.8, 4) is 22.6 Å². The van der Waals surface area contributed by atoms with E-state index in [1.54, 1.807) is 36.1 Å². The number of phenolic OH excluding ortho intramolecular Hbond substituents is 1. The first-order chi connectivity index (χ1) is 10.1. The van der Waals surface area contributed by atoms with Crippen LogP contribution in [0.25, 0.3) is 11.1 Å². The van der Waals surface area contributed by atoms with Gasteiger partial charge in [0, 0.05) is 23.9 Å². The molecule has 0 aliphatic rings. The van der Waals surface area contributed by atoms with Gasteiger partial charge < -0.3 is 20.1 Å². The number of hydrogen-bond acceptors (Lipinski definition) is 4. The van der Waals surface area contributed by atoms with Crippen molar-refractivity contribution in [1.82, 2.24) is 4.57 Å². The molecule has 1 heterocycles. The molecule has 5 nitrogen and oxygen atoms in total. The molecular weight excluding hydrogens is 268 g/mol. The largest absolute Gasteiger partial charge is 0.507 e. The van der Waals surface area contributed by atoms with Crippen molar-refractivity contribution in [3.63, 3.8) is 0 Å². The van der Waals surface area contributed by atoms with E-state index in [1.807, 2.05) is 0 Å². The quantitative estimate of drug-likeness (QED) is 0.886. The number of nitrogen functional groups attached to an aromatic ring is 1. The van der Waals surface area contributed by atoms with E-state index in [0.29, 0.717) is 23.4 Å². The molecular formula is C16H20N2O3. The van der Waals surface area contributed by atoms with Gasteiger partial charge in [0.2, 0.25) is 0 Å². The summed E-state index contributed by atoms with van der Waals surface area (Å²) in [5.74, 6) is 0.658. The number of ether oxygens (including phenoxy) is 1. The molecule has 0 radical (unpaired) electrons. The lowest BCUT2D eigenvalue weighted by atomic mass is 10.0. The number of nitrogens with zero attached hydrogens (tertiary/aromatic N) is 1. The van der Waals surface area contributed by atoms with Crippen LogP contribution in [-0.2, 0) is 6.54 Å². The molecule has 1 aromatic carbocycles. The Labute approximate surface area is 123 Å². The first kappa shape index (κ1) is 15.0. The Kier molecular flexibility index (Phi) is 4.52. The minimum absolute atomic E-state index is 0.0632. The Morgan fingerprint density at radius 3 is 2.71 bits per heavy atom. The van der Waals surface area contributed by atoms with E-state index in [-0.39, 0.29) is 17.0 Å². The standard InChI is InChI=1S/C16H20N2O3/c1-3-4-8-18-9-7-12(15(17)16(18)20)13-10-11(21-2)5-6-14(13)19/h5-7,9-10,19H,3-4,8,17H2,1-2H3. The average molecular weight is 288 g/mol. The SMILES string of the molecule is CCCCn1ccc(-c2cc(OC)ccc2O)c(N)c1=O. The second-order valence-electron chi connectivity index (χ2n) is 4.88. The average Bonchev–Trinajstić information content (AvgIpc) is 2.50. The lowest BCUT2D eigenvalue weighted by Crippen LogP contribution is -2.23. The number of aromatic hydroxyl groups is 1. The number of phenols is 1. The van der Waals surface area contributed by atoms with E-state index < -0.39 is 0 Å². The van der Waals surface area contributed by atoms with Gasteiger partial charge in [-0.05, 0) is 30.7 Å². The molecule has 21 heavy (non-hydrogen) atoms. The highest BCUT2D eigenvalue weighted by atomic mass is 16.5. The topological polar surface area (TPSA) is 77.5 Å². The van der Waals surface area contributed by atoms with Crippen molar-refractivity contribution in [1.29, 1.82) is 0 Å². The minimum atomic E-state index is -0.233. The van der Waals surface area contributed by atoms with Crippen LogP contribution in [0.3, 0.4) is 0 Å². The number of aromatic nitrogens is 1. The van der Waals surface area contributed by atoms with Gasteiger partial charge in [0.05, 0.1) is 7.11 Å². The maximum atomic E-state index is 12.3. The fourth-order valence-electron chi connectivity index (χ4n) is 2.19. The zero-order chi connectivity index (χ0) is 15.4. The van der Waals surface area contributed by atoms with Gasteiger partial charge in [-0.25, -0.2) is 0 Å². The number of pyridine rings is 1. The molecule has 0 bridgehead atoms. The number of nitrogens with two attached hydrogens (primary N) is 1. The van der Waals surface area contributed by atoms with Gasteiger partial charge in [-0.3, -0.25) is 4.79 Å². The molecule has 3 N–H and O–H groups in total. The number of anilines is 1. The summed E-state index contributed by atoms with van der Waals surface area (Å²) in [7, 11) is 1.54. The molecule has 112 valence electrons. The lowest BCUT2D eigenvalue weighted by Gasteiger charge is -2.12. The Bertz CT molecular complexity index is 692. The molecule has 0 saturated carbocycles. The van der Waals surface area contributed by atoms with Crippen LogP contribution in [0.1, 0.15) is 19.8 Å². The van der Waals surface area contributed by atoms with Crippen molar-refractivity contribution < 1.29 is 9.84 Å². The van der Waals surface area contributed by atoms with Gasteiger partial charge in [-0.1, -0.05) is 13.3 Å². The van der Waals surface area contributed by atoms with Crippen LogP contribution in [0.4, 0.5) is 5.69 Å². The number of hydrogen-bond donors (Lipinski definition) is 2. The zero-order valence-corrected chi connectivity index (χ0v) is 12.3. The molecule has 0 atom stereocenters. The van der Waals surface area contributed by atoms with Gasteiger partial charge in [0.25, 0.3) is 5.56 Å². The molecule has 0 spiro atoms. The Morgan fingerprint density at radius 1 is 1.29 bits per heavy atom. The minimum Gasteiger partial charge on any atom is -0.507 e. The highest BCUT2D eigenvalue weighted by Crippen LogP contribution is 2.34. The summed E-state index contributed by atoms with van der Waals surface area (Å²) in [5.41, 5.74) is 6.88. The van der Waals surface area contributed by atoms with Gasteiger partial charge in [-0.2, -0.15) is 0 Å². The van der Waals surface area contributed by atoms with Crippen molar-refractivity contribution in [2.75, 3.05) is 12.8 Å². The summed E-state index contributed by atoms with van der Waals surface area (Å²) in [5, 5.41) is 9.99. The summed E-state index contributed by atoms with van der Waals surface area (Å²) in [4.78, 5) is 12.3. The van der Waals surface area contributed by atoms with Crippen molar-refractivity contribution in [2.24, 2.45) is 0 Å². The van der Waals surface area contributed by atoms with Gasteiger partial charge in [0.15, 0.2) is 0 Å². The number of rotatable bonds is 5. The van der Waals surface area contributed by atoms with Gasteiger partial charge in [0.1, 0.15) is 17.2 Å². The van der Waals surface area contributed by atoms with E-state index in [4.69, 9.17) is 10.5 Å². The predicted octanol–water partition coefficient (Wildman–Crippen LogP) is 2.61. The van der Waals surface area contributed by atoms with Crippen LogP contribution in [0.15, 0.2) is 35.3 Å². The fraction of sp³-hybridized carbons (Fsp3) is 0.312. The number of methoxy groups -OCH3 is 1. The van der Waals surface area contributed by atoms with Crippen LogP contribution >= 0.6 is 0 Å². The van der Waals surface area contributed by atoms with E-state index in [0.717, 1.165) is 12.8 Å². The molecule has 0 saturated heterocycles. The van der Waals surface area contributed by atoms with Gasteiger partial charge >= 0.3 is 0 Å². The third-order valence-electron chi connectivity index (χ3n) is 3.45. The third-order valence-corrected chi connectivity index (χ3v) is 3.45.